The van der Waals surface area contributed by atoms with Gasteiger partial charge < -0.3 is 20.1 Å². The maximum absolute atomic E-state index is 12.3. The molecule has 1 aliphatic rings. The van der Waals surface area contributed by atoms with Crippen LogP contribution in [0.5, 0.6) is 0 Å². The SMILES string of the molecule is O=C(C=CCC(=O)OCCN1CCOCC1)Nc1cc2c(Nc3cccc(Br)c3)ncnc2cn1. The van der Waals surface area contributed by atoms with Gasteiger partial charge in [0.25, 0.3) is 0 Å². The molecule has 1 aliphatic heterocycles. The molecule has 1 amide bonds. The van der Waals surface area contributed by atoms with Crippen LogP contribution in [0.1, 0.15) is 6.42 Å². The maximum Gasteiger partial charge on any atom is 0.309 e. The second-order valence-corrected chi connectivity index (χ2v) is 8.63. The third-order valence-electron chi connectivity index (χ3n) is 5.19. The lowest BCUT2D eigenvalue weighted by Crippen LogP contribution is -2.38. The molecule has 10 nitrogen and oxygen atoms in total. The minimum absolute atomic E-state index is 0.0101. The second-order valence-electron chi connectivity index (χ2n) is 7.71. The van der Waals surface area contributed by atoms with E-state index in [-0.39, 0.29) is 12.4 Å². The van der Waals surface area contributed by atoms with Crippen molar-refractivity contribution >= 4 is 56.0 Å². The van der Waals surface area contributed by atoms with Crippen LogP contribution in [0, 0.1) is 0 Å². The number of aromatic nitrogens is 3. The van der Waals surface area contributed by atoms with Gasteiger partial charge in [-0.15, -0.1) is 0 Å². The summed E-state index contributed by atoms with van der Waals surface area (Å²) in [6, 6.07) is 9.38. The minimum Gasteiger partial charge on any atom is -0.464 e. The number of morpholine rings is 1. The van der Waals surface area contributed by atoms with E-state index in [0.29, 0.717) is 48.9 Å². The van der Waals surface area contributed by atoms with Crippen LogP contribution in [0.15, 0.2) is 59.5 Å². The van der Waals surface area contributed by atoms with Crippen molar-refractivity contribution in [2.75, 3.05) is 50.1 Å². The summed E-state index contributed by atoms with van der Waals surface area (Å²) in [5, 5.41) is 6.65. The molecule has 0 saturated carbocycles. The zero-order valence-electron chi connectivity index (χ0n) is 18.9. The van der Waals surface area contributed by atoms with E-state index in [1.807, 2.05) is 24.3 Å². The van der Waals surface area contributed by atoms with Gasteiger partial charge in [0.05, 0.1) is 31.3 Å². The molecule has 0 unspecified atom stereocenters. The number of esters is 1. The third kappa shape index (κ3) is 7.54. The van der Waals surface area contributed by atoms with E-state index in [2.05, 4.69) is 46.4 Å². The van der Waals surface area contributed by atoms with Gasteiger partial charge in [0, 0.05) is 35.2 Å². The van der Waals surface area contributed by atoms with Crippen molar-refractivity contribution in [1.29, 1.82) is 0 Å². The van der Waals surface area contributed by atoms with Gasteiger partial charge in [-0.2, -0.15) is 0 Å². The molecule has 3 aromatic rings. The number of hydrogen-bond donors (Lipinski definition) is 2. The highest BCUT2D eigenvalue weighted by molar-refractivity contribution is 9.10. The Bertz CT molecular complexity index is 1220. The fourth-order valence-electron chi connectivity index (χ4n) is 3.43. The van der Waals surface area contributed by atoms with E-state index in [0.717, 1.165) is 23.2 Å². The molecule has 1 fully saturated rings. The zero-order chi connectivity index (χ0) is 24.5. The predicted octanol–water partition coefficient (Wildman–Crippen LogP) is 3.29. The molecule has 2 N–H and O–H groups in total. The number of fused-ring (bicyclic) bond motifs is 1. The fourth-order valence-corrected chi connectivity index (χ4v) is 3.83. The lowest BCUT2D eigenvalue weighted by molar-refractivity contribution is -0.143. The van der Waals surface area contributed by atoms with Crippen molar-refractivity contribution in [1.82, 2.24) is 19.9 Å². The lowest BCUT2D eigenvalue weighted by Gasteiger charge is -2.26. The summed E-state index contributed by atoms with van der Waals surface area (Å²) in [7, 11) is 0. The number of ether oxygens (including phenoxy) is 2. The molecule has 0 spiro atoms. The number of amides is 1. The van der Waals surface area contributed by atoms with Gasteiger partial charge in [0.1, 0.15) is 24.6 Å². The molecule has 1 saturated heterocycles. The van der Waals surface area contributed by atoms with Crippen LogP contribution in [-0.4, -0.2) is 71.2 Å². The summed E-state index contributed by atoms with van der Waals surface area (Å²) in [6.45, 7) is 4.08. The van der Waals surface area contributed by atoms with Crippen LogP contribution in [0.4, 0.5) is 17.3 Å². The number of hydrogen-bond acceptors (Lipinski definition) is 9. The van der Waals surface area contributed by atoms with E-state index in [1.165, 1.54) is 18.5 Å². The molecule has 3 heterocycles. The van der Waals surface area contributed by atoms with Crippen LogP contribution in [-0.2, 0) is 19.1 Å². The number of pyridine rings is 1. The Kier molecular flexibility index (Phi) is 8.71. The quantitative estimate of drug-likeness (QED) is 0.311. The molecule has 0 atom stereocenters. The number of nitrogens with one attached hydrogen (secondary N) is 2. The molecule has 0 aliphatic carbocycles. The Balaban J connectivity index is 1.30. The standard InChI is InChI=1S/C24H25BrN6O4/c25-17-3-1-4-18(13-17)29-24-19-14-21(26-15-20(19)27-16-28-24)30-22(32)5-2-6-23(33)35-12-9-31-7-10-34-11-8-31/h1-5,13-16H,6-12H2,(H,26,30,32)(H,27,28,29). The largest absolute Gasteiger partial charge is 0.464 e. The predicted molar refractivity (Wildman–Crippen MR) is 135 cm³/mol. The van der Waals surface area contributed by atoms with E-state index in [1.54, 1.807) is 12.3 Å². The molecule has 11 heteroatoms. The minimum atomic E-state index is -0.406. The molecule has 2 aromatic heterocycles. The first-order valence-electron chi connectivity index (χ1n) is 11.1. The third-order valence-corrected chi connectivity index (χ3v) is 5.68. The van der Waals surface area contributed by atoms with Gasteiger partial charge in [-0.25, -0.2) is 15.0 Å². The van der Waals surface area contributed by atoms with Gasteiger partial charge >= 0.3 is 5.97 Å². The summed E-state index contributed by atoms with van der Waals surface area (Å²) in [4.78, 5) is 39.2. The summed E-state index contributed by atoms with van der Waals surface area (Å²) in [5.41, 5.74) is 1.48. The molecule has 0 radical (unpaired) electrons. The Morgan fingerprint density at radius 2 is 2.03 bits per heavy atom. The Hall–Kier alpha value is -3.41. The summed E-state index contributed by atoms with van der Waals surface area (Å²) in [5.74, 6) is 0.136. The number of benzene rings is 1. The van der Waals surface area contributed by atoms with E-state index in [9.17, 15) is 9.59 Å². The van der Waals surface area contributed by atoms with E-state index < -0.39 is 5.91 Å². The number of halogens is 1. The number of rotatable bonds is 9. The monoisotopic (exact) mass is 540 g/mol. The maximum atomic E-state index is 12.3. The smallest absolute Gasteiger partial charge is 0.309 e. The highest BCUT2D eigenvalue weighted by atomic mass is 79.9. The summed E-state index contributed by atoms with van der Waals surface area (Å²) < 4.78 is 11.4. The van der Waals surface area contributed by atoms with Crippen LogP contribution < -0.4 is 10.6 Å². The lowest BCUT2D eigenvalue weighted by atomic mass is 10.2. The van der Waals surface area contributed by atoms with Gasteiger partial charge in [-0.05, 0) is 30.3 Å². The topological polar surface area (TPSA) is 119 Å². The first-order valence-corrected chi connectivity index (χ1v) is 11.9. The Morgan fingerprint density at radius 1 is 1.17 bits per heavy atom. The van der Waals surface area contributed by atoms with Crippen LogP contribution >= 0.6 is 15.9 Å². The molecule has 4 rings (SSSR count). The van der Waals surface area contributed by atoms with Crippen molar-refractivity contribution in [3.8, 4) is 0 Å². The molecule has 0 bridgehead atoms. The zero-order valence-corrected chi connectivity index (χ0v) is 20.5. The second kappa shape index (κ2) is 12.3. The molecular weight excluding hydrogens is 516 g/mol. The van der Waals surface area contributed by atoms with Gasteiger partial charge in [-0.1, -0.05) is 28.1 Å². The number of carbonyl (C=O) groups is 2. The van der Waals surface area contributed by atoms with Gasteiger partial charge in [-0.3, -0.25) is 14.5 Å². The van der Waals surface area contributed by atoms with Crippen LogP contribution in [0.3, 0.4) is 0 Å². The molecule has 1 aromatic carbocycles. The van der Waals surface area contributed by atoms with Crippen molar-refractivity contribution in [2.24, 2.45) is 0 Å². The number of anilines is 3. The average molecular weight is 541 g/mol. The Morgan fingerprint density at radius 3 is 2.86 bits per heavy atom. The molecule has 35 heavy (non-hydrogen) atoms. The Labute approximate surface area is 210 Å². The van der Waals surface area contributed by atoms with Gasteiger partial charge in [0.15, 0.2) is 0 Å². The van der Waals surface area contributed by atoms with Crippen molar-refractivity contribution < 1.29 is 19.1 Å². The van der Waals surface area contributed by atoms with Crippen molar-refractivity contribution in [2.45, 2.75) is 6.42 Å². The first kappa shape index (κ1) is 24.7. The number of carbonyl (C=O) groups excluding carboxylic acids is 2. The van der Waals surface area contributed by atoms with Gasteiger partial charge in [0.2, 0.25) is 5.91 Å². The van der Waals surface area contributed by atoms with Crippen LogP contribution in [0.25, 0.3) is 10.9 Å². The summed E-state index contributed by atoms with van der Waals surface area (Å²) >= 11 is 3.45. The first-order chi connectivity index (χ1) is 17.1. The van der Waals surface area contributed by atoms with Crippen molar-refractivity contribution in [3.05, 3.63) is 59.5 Å². The molecular formula is C24H25BrN6O4. The highest BCUT2D eigenvalue weighted by Gasteiger charge is 2.11. The summed E-state index contributed by atoms with van der Waals surface area (Å²) in [6.07, 6.45) is 5.78. The number of nitrogens with zero attached hydrogens (tertiary/aromatic N) is 4. The van der Waals surface area contributed by atoms with Crippen LogP contribution in [0.2, 0.25) is 0 Å². The average Bonchev–Trinajstić information content (AvgIpc) is 2.85. The fraction of sp³-hybridized carbons (Fsp3) is 0.292. The van der Waals surface area contributed by atoms with Crippen molar-refractivity contribution in [3.63, 3.8) is 0 Å². The van der Waals surface area contributed by atoms with E-state index >= 15 is 0 Å². The molecule has 182 valence electrons. The van der Waals surface area contributed by atoms with E-state index in [4.69, 9.17) is 9.47 Å². The normalized spacial score (nSPS) is 14.2. The highest BCUT2D eigenvalue weighted by Crippen LogP contribution is 2.25.